The Bertz CT molecular complexity index is 1120. The van der Waals surface area contributed by atoms with E-state index in [-0.39, 0.29) is 12.5 Å². The second-order valence-corrected chi connectivity index (χ2v) is 6.73. The zero-order valence-electron chi connectivity index (χ0n) is 16.6. The molecule has 4 rings (SSSR count). The molecule has 8 nitrogen and oxygen atoms in total. The molecule has 30 heavy (non-hydrogen) atoms. The molecule has 0 unspecified atom stereocenters. The smallest absolute Gasteiger partial charge is 0.262 e. The lowest BCUT2D eigenvalue weighted by Gasteiger charge is -2.18. The summed E-state index contributed by atoms with van der Waals surface area (Å²) in [6, 6.07) is 13.1. The Morgan fingerprint density at radius 2 is 1.90 bits per heavy atom. The number of para-hydroxylation sites is 2. The first-order valence-electron chi connectivity index (χ1n) is 9.74. The van der Waals surface area contributed by atoms with Crippen LogP contribution in [0.15, 0.2) is 48.5 Å². The SMILES string of the molecule is CCc1nc2ccccc2n1CC(=O)NNC(=O)/C=C/c1ccc2c(c1)OCCO2. The molecule has 8 heteroatoms. The van der Waals surface area contributed by atoms with Crippen molar-refractivity contribution < 1.29 is 19.1 Å². The number of carbonyl (C=O) groups is 2. The number of imidazole rings is 1. The van der Waals surface area contributed by atoms with Crippen LogP contribution in [0.2, 0.25) is 0 Å². The van der Waals surface area contributed by atoms with E-state index >= 15 is 0 Å². The third kappa shape index (κ3) is 4.27. The third-order valence-electron chi connectivity index (χ3n) is 4.67. The summed E-state index contributed by atoms with van der Waals surface area (Å²) < 4.78 is 12.8. The van der Waals surface area contributed by atoms with E-state index in [1.165, 1.54) is 6.08 Å². The molecule has 0 spiro atoms. The first kappa shape index (κ1) is 19.5. The Balaban J connectivity index is 1.34. The van der Waals surface area contributed by atoms with Crippen LogP contribution in [0.25, 0.3) is 17.1 Å². The van der Waals surface area contributed by atoms with Crippen molar-refractivity contribution in [2.24, 2.45) is 0 Å². The molecule has 1 aromatic heterocycles. The quantitative estimate of drug-likeness (QED) is 0.501. The van der Waals surface area contributed by atoms with Crippen LogP contribution in [-0.4, -0.2) is 34.6 Å². The topological polar surface area (TPSA) is 94.5 Å². The Hall–Kier alpha value is -3.81. The van der Waals surface area contributed by atoms with Gasteiger partial charge >= 0.3 is 0 Å². The standard InChI is InChI=1S/C22H22N4O4/c1-2-20-23-16-5-3-4-6-17(16)26(20)14-22(28)25-24-21(27)10-8-15-7-9-18-19(13-15)30-12-11-29-18/h3-10,13H,2,11-12,14H2,1H3,(H,24,27)(H,25,28)/b10-8+. The molecule has 0 radical (unpaired) electrons. The monoisotopic (exact) mass is 406 g/mol. The molecule has 2 amide bonds. The summed E-state index contributed by atoms with van der Waals surface area (Å²) in [4.78, 5) is 28.9. The molecule has 0 atom stereocenters. The van der Waals surface area contributed by atoms with E-state index in [1.54, 1.807) is 18.2 Å². The van der Waals surface area contributed by atoms with Gasteiger partial charge < -0.3 is 14.0 Å². The molecule has 1 aliphatic heterocycles. The van der Waals surface area contributed by atoms with E-state index in [0.717, 1.165) is 22.4 Å². The van der Waals surface area contributed by atoms with E-state index in [2.05, 4.69) is 15.8 Å². The molecule has 0 saturated heterocycles. The van der Waals surface area contributed by atoms with Gasteiger partial charge in [-0.3, -0.25) is 20.4 Å². The van der Waals surface area contributed by atoms with Crippen molar-refractivity contribution in [3.63, 3.8) is 0 Å². The first-order valence-corrected chi connectivity index (χ1v) is 9.74. The van der Waals surface area contributed by atoms with Crippen LogP contribution < -0.4 is 20.3 Å². The minimum absolute atomic E-state index is 0.0653. The average Bonchev–Trinajstić information content (AvgIpc) is 3.13. The number of nitrogens with zero attached hydrogens (tertiary/aromatic N) is 2. The zero-order chi connectivity index (χ0) is 20.9. The number of hydrogen-bond donors (Lipinski definition) is 2. The number of benzene rings is 2. The minimum atomic E-state index is -0.440. The predicted molar refractivity (Wildman–Crippen MR) is 112 cm³/mol. The van der Waals surface area contributed by atoms with E-state index in [9.17, 15) is 9.59 Å². The van der Waals surface area contributed by atoms with E-state index in [0.29, 0.717) is 31.1 Å². The summed E-state index contributed by atoms with van der Waals surface area (Å²) in [5.74, 6) is 1.37. The van der Waals surface area contributed by atoms with E-state index in [1.807, 2.05) is 41.8 Å². The first-order chi connectivity index (χ1) is 14.6. The maximum Gasteiger partial charge on any atom is 0.262 e. The van der Waals surface area contributed by atoms with Gasteiger partial charge in [0.15, 0.2) is 11.5 Å². The molecule has 0 saturated carbocycles. The van der Waals surface area contributed by atoms with Crippen LogP contribution in [0, 0.1) is 0 Å². The number of aryl methyl sites for hydroxylation is 1. The second kappa shape index (κ2) is 8.69. The van der Waals surface area contributed by atoms with Crippen molar-refractivity contribution in [3.8, 4) is 11.5 Å². The normalized spacial score (nSPS) is 12.8. The van der Waals surface area contributed by atoms with E-state index in [4.69, 9.17) is 9.47 Å². The van der Waals surface area contributed by atoms with Crippen LogP contribution >= 0.6 is 0 Å². The fourth-order valence-electron chi connectivity index (χ4n) is 3.26. The van der Waals surface area contributed by atoms with Gasteiger partial charge in [-0.15, -0.1) is 0 Å². The second-order valence-electron chi connectivity index (χ2n) is 6.73. The summed E-state index contributed by atoms with van der Waals surface area (Å²) in [7, 11) is 0. The highest BCUT2D eigenvalue weighted by atomic mass is 16.6. The number of fused-ring (bicyclic) bond motifs is 2. The molecule has 0 aliphatic carbocycles. The molecule has 2 aromatic carbocycles. The van der Waals surface area contributed by atoms with Crippen molar-refractivity contribution in [3.05, 3.63) is 59.9 Å². The summed E-state index contributed by atoms with van der Waals surface area (Å²) in [6.45, 7) is 3.08. The molecule has 3 aromatic rings. The molecule has 2 heterocycles. The maximum absolute atomic E-state index is 12.3. The van der Waals surface area contributed by atoms with Crippen molar-refractivity contribution in [1.29, 1.82) is 0 Å². The van der Waals surface area contributed by atoms with Crippen molar-refractivity contribution in [1.82, 2.24) is 20.4 Å². The summed E-state index contributed by atoms with van der Waals surface area (Å²) in [6.07, 6.45) is 3.68. The lowest BCUT2D eigenvalue weighted by Crippen LogP contribution is -2.42. The molecular formula is C22H22N4O4. The van der Waals surface area contributed by atoms with Gasteiger partial charge in [0.2, 0.25) is 0 Å². The van der Waals surface area contributed by atoms with Gasteiger partial charge in [0.05, 0.1) is 11.0 Å². The largest absolute Gasteiger partial charge is 0.486 e. The number of carbonyl (C=O) groups excluding carboxylic acids is 2. The highest BCUT2D eigenvalue weighted by molar-refractivity contribution is 5.93. The van der Waals surface area contributed by atoms with Gasteiger partial charge in [-0.2, -0.15) is 0 Å². The molecule has 154 valence electrons. The highest BCUT2D eigenvalue weighted by Gasteiger charge is 2.13. The van der Waals surface area contributed by atoms with Crippen LogP contribution in [-0.2, 0) is 22.6 Å². The van der Waals surface area contributed by atoms with Crippen molar-refractivity contribution >= 4 is 28.9 Å². The van der Waals surface area contributed by atoms with Crippen LogP contribution in [0.5, 0.6) is 11.5 Å². The number of hydrazine groups is 1. The highest BCUT2D eigenvalue weighted by Crippen LogP contribution is 2.31. The summed E-state index contributed by atoms with van der Waals surface area (Å²) >= 11 is 0. The molecule has 0 bridgehead atoms. The van der Waals surface area contributed by atoms with Gasteiger partial charge in [-0.05, 0) is 35.9 Å². The minimum Gasteiger partial charge on any atom is -0.486 e. The number of rotatable bonds is 5. The van der Waals surface area contributed by atoms with Crippen LogP contribution in [0.3, 0.4) is 0 Å². The summed E-state index contributed by atoms with van der Waals surface area (Å²) in [5.41, 5.74) is 7.35. The average molecular weight is 406 g/mol. The number of hydrogen-bond acceptors (Lipinski definition) is 5. The van der Waals surface area contributed by atoms with E-state index < -0.39 is 5.91 Å². The van der Waals surface area contributed by atoms with Crippen LogP contribution in [0.1, 0.15) is 18.3 Å². The fraction of sp³-hybridized carbons (Fsp3) is 0.227. The lowest BCUT2D eigenvalue weighted by atomic mass is 10.2. The van der Waals surface area contributed by atoms with Gasteiger partial charge in [0.25, 0.3) is 11.8 Å². The number of aromatic nitrogens is 2. The van der Waals surface area contributed by atoms with Gasteiger partial charge in [-0.1, -0.05) is 25.1 Å². The molecular weight excluding hydrogens is 384 g/mol. The maximum atomic E-state index is 12.3. The Labute approximate surface area is 173 Å². The molecule has 1 aliphatic rings. The zero-order valence-corrected chi connectivity index (χ0v) is 16.6. The Kier molecular flexibility index (Phi) is 5.65. The lowest BCUT2D eigenvalue weighted by molar-refractivity contribution is -0.127. The molecule has 2 N–H and O–H groups in total. The Morgan fingerprint density at radius 1 is 1.10 bits per heavy atom. The molecule has 0 fully saturated rings. The number of nitrogens with one attached hydrogen (secondary N) is 2. The number of ether oxygens (including phenoxy) is 2. The van der Waals surface area contributed by atoms with Gasteiger partial charge in [0.1, 0.15) is 25.6 Å². The van der Waals surface area contributed by atoms with Gasteiger partial charge in [0, 0.05) is 12.5 Å². The van der Waals surface area contributed by atoms with Crippen LogP contribution in [0.4, 0.5) is 0 Å². The van der Waals surface area contributed by atoms with Crippen molar-refractivity contribution in [2.45, 2.75) is 19.9 Å². The summed E-state index contributed by atoms with van der Waals surface area (Å²) in [5, 5.41) is 0. The fourth-order valence-corrected chi connectivity index (χ4v) is 3.26. The van der Waals surface area contributed by atoms with Crippen molar-refractivity contribution in [2.75, 3.05) is 13.2 Å². The third-order valence-corrected chi connectivity index (χ3v) is 4.67. The predicted octanol–water partition coefficient (Wildman–Crippen LogP) is 2.23. The number of amides is 2. The van der Waals surface area contributed by atoms with Gasteiger partial charge in [-0.25, -0.2) is 4.98 Å². The Morgan fingerprint density at radius 3 is 2.73 bits per heavy atom.